The molecule has 1 amide bonds. The Morgan fingerprint density at radius 1 is 1.07 bits per heavy atom. The Morgan fingerprint density at radius 3 is 2.52 bits per heavy atom. The highest BCUT2D eigenvalue weighted by atomic mass is 32.2. The zero-order valence-corrected chi connectivity index (χ0v) is 17.5. The van der Waals surface area contributed by atoms with Gasteiger partial charge in [-0.3, -0.25) is 4.79 Å². The molecule has 0 heterocycles. The maximum absolute atomic E-state index is 12.7. The standard InChI is InChI=1S/C21H25NO6S/c1-4-5-12-22-20(23)14-27-21(24)17-8-6-7-9-18(17)28-29(25,26)19-13-15(2)10-11-16(19)3/h6-11,13H,4-5,12,14H2,1-3H3,(H,22,23). The predicted molar refractivity (Wildman–Crippen MR) is 108 cm³/mol. The molecule has 0 radical (unpaired) electrons. The first-order valence-corrected chi connectivity index (χ1v) is 10.7. The molecule has 0 atom stereocenters. The summed E-state index contributed by atoms with van der Waals surface area (Å²) in [7, 11) is -4.16. The quantitative estimate of drug-likeness (QED) is 0.381. The Hall–Kier alpha value is -2.87. The molecule has 0 bridgehead atoms. The second-order valence-electron chi connectivity index (χ2n) is 6.58. The fourth-order valence-electron chi connectivity index (χ4n) is 2.51. The molecular weight excluding hydrogens is 394 g/mol. The first-order chi connectivity index (χ1) is 13.7. The van der Waals surface area contributed by atoms with E-state index in [2.05, 4.69) is 5.32 Å². The van der Waals surface area contributed by atoms with Gasteiger partial charge in [-0.1, -0.05) is 37.6 Å². The highest BCUT2D eigenvalue weighted by molar-refractivity contribution is 7.87. The molecule has 0 aliphatic carbocycles. The second kappa shape index (κ2) is 10.1. The van der Waals surface area contributed by atoms with Gasteiger partial charge in [0.1, 0.15) is 10.5 Å². The van der Waals surface area contributed by atoms with Crippen LogP contribution in [0.25, 0.3) is 0 Å². The van der Waals surface area contributed by atoms with Crippen LogP contribution in [0, 0.1) is 13.8 Å². The van der Waals surface area contributed by atoms with E-state index in [9.17, 15) is 18.0 Å². The van der Waals surface area contributed by atoms with Crippen molar-refractivity contribution >= 4 is 22.0 Å². The van der Waals surface area contributed by atoms with Crippen LogP contribution in [0.4, 0.5) is 0 Å². The Balaban J connectivity index is 2.15. The highest BCUT2D eigenvalue weighted by Crippen LogP contribution is 2.25. The van der Waals surface area contributed by atoms with Gasteiger partial charge >= 0.3 is 16.1 Å². The average molecular weight is 419 g/mol. The SMILES string of the molecule is CCCCNC(=O)COC(=O)c1ccccc1OS(=O)(=O)c1cc(C)ccc1C. The number of para-hydroxylation sites is 1. The van der Waals surface area contributed by atoms with E-state index in [1.807, 2.05) is 6.92 Å². The third-order valence-electron chi connectivity index (χ3n) is 4.11. The highest BCUT2D eigenvalue weighted by Gasteiger charge is 2.23. The van der Waals surface area contributed by atoms with Crippen LogP contribution in [0.1, 0.15) is 41.3 Å². The third kappa shape index (κ3) is 6.32. The lowest BCUT2D eigenvalue weighted by atomic mass is 10.2. The van der Waals surface area contributed by atoms with Crippen molar-refractivity contribution in [1.82, 2.24) is 5.32 Å². The number of ether oxygens (including phenoxy) is 1. The van der Waals surface area contributed by atoms with Crippen molar-refractivity contribution in [2.24, 2.45) is 0 Å². The van der Waals surface area contributed by atoms with E-state index < -0.39 is 28.6 Å². The summed E-state index contributed by atoms with van der Waals surface area (Å²) in [5, 5.41) is 2.63. The van der Waals surface area contributed by atoms with Gasteiger partial charge in [0.2, 0.25) is 0 Å². The minimum Gasteiger partial charge on any atom is -0.452 e. The van der Waals surface area contributed by atoms with Crippen LogP contribution in [0.2, 0.25) is 0 Å². The van der Waals surface area contributed by atoms with Gasteiger partial charge in [0, 0.05) is 6.54 Å². The fraction of sp³-hybridized carbons (Fsp3) is 0.333. The molecule has 0 aromatic heterocycles. The van der Waals surface area contributed by atoms with Gasteiger partial charge in [-0.05, 0) is 49.6 Å². The van der Waals surface area contributed by atoms with Gasteiger partial charge in [0.15, 0.2) is 12.4 Å². The second-order valence-corrected chi connectivity index (χ2v) is 8.10. The van der Waals surface area contributed by atoms with Crippen molar-refractivity contribution in [3.05, 3.63) is 59.2 Å². The molecule has 0 unspecified atom stereocenters. The molecule has 29 heavy (non-hydrogen) atoms. The third-order valence-corrected chi connectivity index (χ3v) is 5.48. The van der Waals surface area contributed by atoms with Gasteiger partial charge in [-0.2, -0.15) is 8.42 Å². The number of benzene rings is 2. The molecule has 8 heteroatoms. The summed E-state index contributed by atoms with van der Waals surface area (Å²) in [4.78, 5) is 24.1. The van der Waals surface area contributed by atoms with Crippen molar-refractivity contribution in [2.45, 2.75) is 38.5 Å². The Labute approximate surface area is 171 Å². The van der Waals surface area contributed by atoms with E-state index in [4.69, 9.17) is 8.92 Å². The molecular formula is C21H25NO6S. The lowest BCUT2D eigenvalue weighted by molar-refractivity contribution is -0.124. The van der Waals surface area contributed by atoms with E-state index in [0.717, 1.165) is 18.4 Å². The van der Waals surface area contributed by atoms with Gasteiger partial charge in [-0.15, -0.1) is 0 Å². The Kier molecular flexibility index (Phi) is 7.78. The minimum atomic E-state index is -4.16. The summed E-state index contributed by atoms with van der Waals surface area (Å²) in [6, 6.07) is 10.8. The molecule has 0 spiro atoms. The number of amides is 1. The van der Waals surface area contributed by atoms with Crippen LogP contribution < -0.4 is 9.50 Å². The number of rotatable bonds is 9. The van der Waals surface area contributed by atoms with Gasteiger partial charge < -0.3 is 14.2 Å². The minimum absolute atomic E-state index is 0.0240. The van der Waals surface area contributed by atoms with Crippen LogP contribution >= 0.6 is 0 Å². The van der Waals surface area contributed by atoms with Gasteiger partial charge in [0.25, 0.3) is 5.91 Å². The topological polar surface area (TPSA) is 98.8 Å². The Bertz CT molecular complexity index is 984. The lowest BCUT2D eigenvalue weighted by Gasteiger charge is -2.13. The number of esters is 1. The first kappa shape index (κ1) is 22.4. The van der Waals surface area contributed by atoms with E-state index in [1.54, 1.807) is 38.1 Å². The number of nitrogens with one attached hydrogen (secondary N) is 1. The monoisotopic (exact) mass is 419 g/mol. The molecule has 2 aromatic carbocycles. The molecule has 2 rings (SSSR count). The molecule has 0 fully saturated rings. The number of carbonyl (C=O) groups excluding carboxylic acids is 2. The van der Waals surface area contributed by atoms with Crippen molar-refractivity contribution in [3.63, 3.8) is 0 Å². The van der Waals surface area contributed by atoms with Gasteiger partial charge in [0.05, 0.1) is 0 Å². The first-order valence-electron chi connectivity index (χ1n) is 9.29. The molecule has 7 nitrogen and oxygen atoms in total. The predicted octanol–water partition coefficient (Wildman–Crippen LogP) is 3.14. The van der Waals surface area contributed by atoms with Crippen LogP contribution in [0.3, 0.4) is 0 Å². The van der Waals surface area contributed by atoms with Crippen molar-refractivity contribution in [3.8, 4) is 5.75 Å². The summed E-state index contributed by atoms with van der Waals surface area (Å²) in [6.45, 7) is 5.47. The number of carbonyl (C=O) groups is 2. The Morgan fingerprint density at radius 2 is 1.79 bits per heavy atom. The number of hydrogen-bond donors (Lipinski definition) is 1. The smallest absolute Gasteiger partial charge is 0.342 e. The normalized spacial score (nSPS) is 11.0. The molecule has 0 saturated carbocycles. The van der Waals surface area contributed by atoms with E-state index in [0.29, 0.717) is 12.1 Å². The molecule has 156 valence electrons. The molecule has 0 aliphatic heterocycles. The number of aryl methyl sites for hydroxylation is 2. The lowest BCUT2D eigenvalue weighted by Crippen LogP contribution is -2.29. The maximum Gasteiger partial charge on any atom is 0.342 e. The summed E-state index contributed by atoms with van der Waals surface area (Å²) in [6.07, 6.45) is 1.76. The molecule has 0 saturated heterocycles. The van der Waals surface area contributed by atoms with Crippen molar-refractivity contribution in [2.75, 3.05) is 13.2 Å². The summed E-state index contributed by atoms with van der Waals surface area (Å²) >= 11 is 0. The maximum atomic E-state index is 12.7. The van der Waals surface area contributed by atoms with E-state index >= 15 is 0 Å². The summed E-state index contributed by atoms with van der Waals surface area (Å²) in [5.41, 5.74) is 1.21. The van der Waals surface area contributed by atoms with Gasteiger partial charge in [-0.25, -0.2) is 4.79 Å². The summed E-state index contributed by atoms with van der Waals surface area (Å²) in [5.74, 6) is -1.43. The largest absolute Gasteiger partial charge is 0.452 e. The zero-order chi connectivity index (χ0) is 21.4. The van der Waals surface area contributed by atoms with E-state index in [1.165, 1.54) is 18.2 Å². The molecule has 0 aliphatic rings. The molecule has 1 N–H and O–H groups in total. The van der Waals surface area contributed by atoms with Crippen LogP contribution in [0.5, 0.6) is 5.75 Å². The zero-order valence-electron chi connectivity index (χ0n) is 16.7. The van der Waals surface area contributed by atoms with Crippen molar-refractivity contribution < 1.29 is 26.9 Å². The summed E-state index contributed by atoms with van der Waals surface area (Å²) < 4.78 is 35.7. The molecule has 2 aromatic rings. The fourth-order valence-corrected chi connectivity index (χ4v) is 3.78. The van der Waals surface area contributed by atoms with E-state index in [-0.39, 0.29) is 16.2 Å². The average Bonchev–Trinajstić information content (AvgIpc) is 2.68. The number of hydrogen-bond acceptors (Lipinski definition) is 6. The van der Waals surface area contributed by atoms with Crippen LogP contribution in [-0.2, 0) is 19.6 Å². The van der Waals surface area contributed by atoms with Crippen LogP contribution in [-0.4, -0.2) is 33.4 Å². The van der Waals surface area contributed by atoms with Crippen molar-refractivity contribution in [1.29, 1.82) is 0 Å². The number of unbranched alkanes of at least 4 members (excludes halogenated alkanes) is 1. The van der Waals surface area contributed by atoms with Crippen LogP contribution in [0.15, 0.2) is 47.4 Å².